The van der Waals surface area contributed by atoms with Crippen molar-refractivity contribution in [1.29, 1.82) is 0 Å². The molecule has 0 spiro atoms. The standard InChI is InChI=1S/C6H12N2O5S2/c7-3(5(9)10)1-14-15(13)2-4(8)6(11)12/h3-4H,1-2,7-8H2,(H,9,10)(H,11,12)/t3-,4-,15?/m0/s1. The van der Waals surface area contributed by atoms with Gasteiger partial charge in [0.05, 0.1) is 15.6 Å². The van der Waals surface area contributed by atoms with Gasteiger partial charge in [0.1, 0.15) is 12.1 Å². The molecule has 0 saturated heterocycles. The van der Waals surface area contributed by atoms with Crippen molar-refractivity contribution in [2.24, 2.45) is 11.5 Å². The minimum atomic E-state index is -1.54. The van der Waals surface area contributed by atoms with Gasteiger partial charge in [-0.25, -0.2) is 4.21 Å². The van der Waals surface area contributed by atoms with E-state index in [-0.39, 0.29) is 11.5 Å². The van der Waals surface area contributed by atoms with Crippen LogP contribution < -0.4 is 11.5 Å². The summed E-state index contributed by atoms with van der Waals surface area (Å²) in [5, 5.41) is 16.8. The quantitative estimate of drug-likeness (QED) is 0.391. The minimum Gasteiger partial charge on any atom is -0.480 e. The van der Waals surface area contributed by atoms with Crippen LogP contribution >= 0.6 is 10.8 Å². The zero-order valence-corrected chi connectivity index (χ0v) is 9.29. The summed E-state index contributed by atoms with van der Waals surface area (Å²) in [6.07, 6.45) is 0. The Labute approximate surface area is 92.1 Å². The number of carboxylic acids is 2. The van der Waals surface area contributed by atoms with Gasteiger partial charge < -0.3 is 21.7 Å². The van der Waals surface area contributed by atoms with Crippen LogP contribution in [0.1, 0.15) is 0 Å². The summed E-state index contributed by atoms with van der Waals surface area (Å²) >= 11 is 0. The van der Waals surface area contributed by atoms with Crippen molar-refractivity contribution < 1.29 is 24.0 Å². The Morgan fingerprint density at radius 2 is 1.67 bits per heavy atom. The van der Waals surface area contributed by atoms with Crippen LogP contribution in [0, 0.1) is 0 Å². The maximum absolute atomic E-state index is 11.2. The van der Waals surface area contributed by atoms with E-state index >= 15 is 0 Å². The fourth-order valence-electron chi connectivity index (χ4n) is 0.486. The zero-order chi connectivity index (χ0) is 12.0. The lowest BCUT2D eigenvalue weighted by atomic mass is 10.4. The number of nitrogens with two attached hydrogens (primary N) is 2. The maximum Gasteiger partial charge on any atom is 0.321 e. The molecule has 3 atom stereocenters. The van der Waals surface area contributed by atoms with E-state index in [0.29, 0.717) is 0 Å². The van der Waals surface area contributed by atoms with Gasteiger partial charge in [-0.1, -0.05) is 10.8 Å². The number of aliphatic carboxylic acids is 2. The third-order valence-electron chi connectivity index (χ3n) is 1.33. The Bertz CT molecular complexity index is 272. The molecule has 0 aromatic rings. The van der Waals surface area contributed by atoms with Gasteiger partial charge in [0, 0.05) is 5.75 Å². The molecule has 0 radical (unpaired) electrons. The van der Waals surface area contributed by atoms with Crippen molar-refractivity contribution in [3.05, 3.63) is 0 Å². The summed E-state index contributed by atoms with van der Waals surface area (Å²) in [6, 6.07) is -2.32. The van der Waals surface area contributed by atoms with E-state index in [0.717, 1.165) is 10.8 Å². The highest BCUT2D eigenvalue weighted by Crippen LogP contribution is 2.09. The molecule has 0 rings (SSSR count). The first-order valence-electron chi connectivity index (χ1n) is 3.83. The summed E-state index contributed by atoms with van der Waals surface area (Å²) in [5.74, 6) is -2.71. The summed E-state index contributed by atoms with van der Waals surface area (Å²) in [5.41, 5.74) is 10.3. The number of hydrogen-bond acceptors (Lipinski definition) is 6. The van der Waals surface area contributed by atoms with Gasteiger partial charge in [0.2, 0.25) is 0 Å². The molecule has 0 bridgehead atoms. The Morgan fingerprint density at radius 1 is 1.20 bits per heavy atom. The lowest BCUT2D eigenvalue weighted by molar-refractivity contribution is -0.138. The first-order chi connectivity index (χ1) is 6.84. The van der Waals surface area contributed by atoms with Crippen LogP contribution in [0.3, 0.4) is 0 Å². The fraction of sp³-hybridized carbons (Fsp3) is 0.667. The number of hydrogen-bond donors (Lipinski definition) is 4. The van der Waals surface area contributed by atoms with Crippen molar-refractivity contribution in [3.63, 3.8) is 0 Å². The molecule has 9 heteroatoms. The third kappa shape index (κ3) is 6.44. The van der Waals surface area contributed by atoms with Crippen molar-refractivity contribution in [1.82, 2.24) is 0 Å². The highest BCUT2D eigenvalue weighted by Gasteiger charge is 2.18. The molecule has 0 aliphatic heterocycles. The molecule has 0 aliphatic carbocycles. The number of carbonyl (C=O) groups is 2. The van der Waals surface area contributed by atoms with E-state index in [1.165, 1.54) is 0 Å². The predicted molar refractivity (Wildman–Crippen MR) is 56.7 cm³/mol. The molecule has 0 saturated carbocycles. The summed E-state index contributed by atoms with van der Waals surface area (Å²) in [7, 11) is -0.759. The SMILES string of the molecule is N[C@@H](CSS(=O)C[C@H](N)C(=O)O)C(=O)O. The van der Waals surface area contributed by atoms with Crippen molar-refractivity contribution in [2.45, 2.75) is 12.1 Å². The van der Waals surface area contributed by atoms with Crippen LogP contribution in [0.15, 0.2) is 0 Å². The highest BCUT2D eigenvalue weighted by atomic mass is 33.1. The molecule has 0 amide bonds. The molecule has 1 unspecified atom stereocenters. The average Bonchev–Trinajstić information content (AvgIpc) is 2.13. The van der Waals surface area contributed by atoms with Crippen molar-refractivity contribution in [3.8, 4) is 0 Å². The average molecular weight is 256 g/mol. The topological polar surface area (TPSA) is 144 Å². The molecule has 0 aromatic carbocycles. The van der Waals surface area contributed by atoms with Gasteiger partial charge in [0.15, 0.2) is 0 Å². The third-order valence-corrected chi connectivity index (χ3v) is 4.32. The number of rotatable bonds is 7. The van der Waals surface area contributed by atoms with Crippen molar-refractivity contribution >= 4 is 32.6 Å². The smallest absolute Gasteiger partial charge is 0.321 e. The van der Waals surface area contributed by atoms with Gasteiger partial charge in [-0.2, -0.15) is 0 Å². The summed E-state index contributed by atoms with van der Waals surface area (Å²) in [4.78, 5) is 20.6. The molecular weight excluding hydrogens is 244 g/mol. The summed E-state index contributed by atoms with van der Waals surface area (Å²) in [6.45, 7) is 0. The monoisotopic (exact) mass is 256 g/mol. The van der Waals surface area contributed by atoms with Crippen LogP contribution in [0.4, 0.5) is 0 Å². The van der Waals surface area contributed by atoms with Gasteiger partial charge in [0.25, 0.3) is 0 Å². The molecular formula is C6H12N2O5S2. The molecule has 0 fully saturated rings. The Hall–Kier alpha value is -0.640. The maximum atomic E-state index is 11.2. The van der Waals surface area contributed by atoms with Crippen LogP contribution in [0.2, 0.25) is 0 Å². The largest absolute Gasteiger partial charge is 0.480 e. The van der Waals surface area contributed by atoms with Gasteiger partial charge in [-0.05, 0) is 0 Å². The van der Waals surface area contributed by atoms with Crippen molar-refractivity contribution in [2.75, 3.05) is 11.5 Å². The molecule has 88 valence electrons. The van der Waals surface area contributed by atoms with E-state index < -0.39 is 33.9 Å². The molecule has 0 aliphatic rings. The summed E-state index contributed by atoms with van der Waals surface area (Å²) < 4.78 is 11.2. The first-order valence-corrected chi connectivity index (χ1v) is 6.65. The zero-order valence-electron chi connectivity index (χ0n) is 7.66. The minimum absolute atomic E-state index is 0.0473. The van der Waals surface area contributed by atoms with Crippen LogP contribution in [-0.2, 0) is 19.4 Å². The molecule has 0 heterocycles. The van der Waals surface area contributed by atoms with Gasteiger partial charge in [-0.15, -0.1) is 0 Å². The van der Waals surface area contributed by atoms with E-state index in [4.69, 9.17) is 21.7 Å². The second-order valence-corrected chi connectivity index (χ2v) is 5.98. The Morgan fingerprint density at radius 3 is 2.07 bits per heavy atom. The van der Waals surface area contributed by atoms with E-state index in [9.17, 15) is 13.8 Å². The molecule has 0 aromatic heterocycles. The van der Waals surface area contributed by atoms with Gasteiger partial charge >= 0.3 is 11.9 Å². The lowest BCUT2D eigenvalue weighted by Crippen LogP contribution is -2.36. The van der Waals surface area contributed by atoms with Crippen LogP contribution in [0.5, 0.6) is 0 Å². The first kappa shape index (κ1) is 14.4. The van der Waals surface area contributed by atoms with E-state index in [1.807, 2.05) is 0 Å². The van der Waals surface area contributed by atoms with E-state index in [1.54, 1.807) is 0 Å². The van der Waals surface area contributed by atoms with Gasteiger partial charge in [-0.3, -0.25) is 9.59 Å². The predicted octanol–water partition coefficient (Wildman–Crippen LogP) is -1.79. The highest BCUT2D eigenvalue weighted by molar-refractivity contribution is 8.69. The number of carboxylic acid groups (broad SMARTS) is 2. The fourth-order valence-corrected chi connectivity index (χ4v) is 3.08. The Balaban J connectivity index is 3.85. The van der Waals surface area contributed by atoms with Crippen LogP contribution in [-0.4, -0.2) is 49.9 Å². The lowest BCUT2D eigenvalue weighted by Gasteiger charge is -2.07. The van der Waals surface area contributed by atoms with Crippen LogP contribution in [0.25, 0.3) is 0 Å². The molecule has 15 heavy (non-hydrogen) atoms. The second-order valence-electron chi connectivity index (χ2n) is 2.64. The Kier molecular flexibility index (Phi) is 6.48. The molecule has 6 N–H and O–H groups in total. The second kappa shape index (κ2) is 6.77. The molecule has 7 nitrogen and oxygen atoms in total. The normalized spacial score (nSPS) is 16.7. The van der Waals surface area contributed by atoms with E-state index in [2.05, 4.69) is 0 Å².